The van der Waals surface area contributed by atoms with E-state index < -0.39 is 0 Å². The van der Waals surface area contributed by atoms with Crippen LogP contribution in [0.1, 0.15) is 12.0 Å². The van der Waals surface area contributed by atoms with Crippen molar-refractivity contribution in [2.24, 2.45) is 0 Å². The summed E-state index contributed by atoms with van der Waals surface area (Å²) in [5, 5.41) is 0. The van der Waals surface area contributed by atoms with Crippen LogP contribution in [0.5, 0.6) is 0 Å². The smallest absolute Gasteiger partial charge is 0.120 e. The number of carbonyl (C=O) groups is 1. The molecule has 16 heavy (non-hydrogen) atoms. The second-order valence-electron chi connectivity index (χ2n) is 3.97. The second kappa shape index (κ2) is 5.66. The van der Waals surface area contributed by atoms with Crippen LogP contribution in [0.4, 0.5) is 5.69 Å². The van der Waals surface area contributed by atoms with E-state index in [1.54, 1.807) is 0 Å². The standard InChI is InChI=1S/C13H17NO2/c15-8-2-4-12-3-1-5-13(11-12)14-6-9-16-10-7-14/h1,3,5,8,11H,2,4,6-7,9-10H2. The van der Waals surface area contributed by atoms with Crippen molar-refractivity contribution in [1.82, 2.24) is 0 Å². The molecule has 0 amide bonds. The van der Waals surface area contributed by atoms with E-state index in [2.05, 4.69) is 29.2 Å². The van der Waals surface area contributed by atoms with Crippen LogP contribution < -0.4 is 4.90 Å². The highest BCUT2D eigenvalue weighted by Crippen LogP contribution is 2.18. The lowest BCUT2D eigenvalue weighted by atomic mass is 10.1. The van der Waals surface area contributed by atoms with Crippen LogP contribution in [0.2, 0.25) is 0 Å². The fraction of sp³-hybridized carbons (Fsp3) is 0.462. The molecule has 0 bridgehead atoms. The Morgan fingerprint density at radius 3 is 2.88 bits per heavy atom. The van der Waals surface area contributed by atoms with Gasteiger partial charge in [0.05, 0.1) is 13.2 Å². The van der Waals surface area contributed by atoms with Crippen LogP contribution in [0, 0.1) is 0 Å². The Labute approximate surface area is 96.0 Å². The number of anilines is 1. The minimum Gasteiger partial charge on any atom is -0.378 e. The molecule has 0 N–H and O–H groups in total. The van der Waals surface area contributed by atoms with Crippen molar-refractivity contribution in [3.8, 4) is 0 Å². The van der Waals surface area contributed by atoms with Gasteiger partial charge in [-0.2, -0.15) is 0 Å². The summed E-state index contributed by atoms with van der Waals surface area (Å²) in [4.78, 5) is 12.7. The van der Waals surface area contributed by atoms with E-state index in [4.69, 9.17) is 4.74 Å². The Kier molecular flexibility index (Phi) is 3.94. The molecular weight excluding hydrogens is 202 g/mol. The fourth-order valence-electron chi connectivity index (χ4n) is 1.96. The Morgan fingerprint density at radius 1 is 1.31 bits per heavy atom. The van der Waals surface area contributed by atoms with E-state index in [-0.39, 0.29) is 0 Å². The molecule has 1 fully saturated rings. The van der Waals surface area contributed by atoms with Crippen molar-refractivity contribution in [1.29, 1.82) is 0 Å². The number of ether oxygens (including phenoxy) is 1. The lowest BCUT2D eigenvalue weighted by Gasteiger charge is -2.29. The van der Waals surface area contributed by atoms with Crippen LogP contribution in [0.3, 0.4) is 0 Å². The van der Waals surface area contributed by atoms with Gasteiger partial charge in [-0.1, -0.05) is 12.1 Å². The Hall–Kier alpha value is -1.35. The molecule has 3 nitrogen and oxygen atoms in total. The van der Waals surface area contributed by atoms with E-state index in [0.717, 1.165) is 39.0 Å². The molecule has 1 heterocycles. The van der Waals surface area contributed by atoms with E-state index in [9.17, 15) is 4.79 Å². The molecule has 0 spiro atoms. The SMILES string of the molecule is O=CCCc1cccc(N2CCOCC2)c1. The number of benzene rings is 1. The number of aldehydes is 1. The summed E-state index contributed by atoms with van der Waals surface area (Å²) in [6, 6.07) is 8.43. The van der Waals surface area contributed by atoms with Crippen LogP contribution in [0.15, 0.2) is 24.3 Å². The first-order valence-corrected chi connectivity index (χ1v) is 5.75. The monoisotopic (exact) mass is 219 g/mol. The van der Waals surface area contributed by atoms with E-state index in [0.29, 0.717) is 6.42 Å². The number of aryl methyl sites for hydroxylation is 1. The van der Waals surface area contributed by atoms with Gasteiger partial charge < -0.3 is 14.4 Å². The fourth-order valence-corrected chi connectivity index (χ4v) is 1.96. The molecule has 0 atom stereocenters. The summed E-state index contributed by atoms with van der Waals surface area (Å²) in [5.41, 5.74) is 2.47. The third-order valence-corrected chi connectivity index (χ3v) is 2.84. The van der Waals surface area contributed by atoms with Crippen LogP contribution in [0.25, 0.3) is 0 Å². The minimum atomic E-state index is 0.604. The summed E-state index contributed by atoms with van der Waals surface area (Å²) in [6.45, 7) is 3.52. The molecule has 2 rings (SSSR count). The van der Waals surface area contributed by atoms with Gasteiger partial charge in [0, 0.05) is 25.2 Å². The number of hydrogen-bond donors (Lipinski definition) is 0. The third-order valence-electron chi connectivity index (χ3n) is 2.84. The number of nitrogens with zero attached hydrogens (tertiary/aromatic N) is 1. The summed E-state index contributed by atoms with van der Waals surface area (Å²) in [5.74, 6) is 0. The van der Waals surface area contributed by atoms with Gasteiger partial charge in [-0.25, -0.2) is 0 Å². The highest BCUT2D eigenvalue weighted by molar-refractivity contribution is 5.52. The third kappa shape index (κ3) is 2.83. The largest absolute Gasteiger partial charge is 0.378 e. The summed E-state index contributed by atoms with van der Waals surface area (Å²) < 4.78 is 5.33. The first-order valence-electron chi connectivity index (χ1n) is 5.75. The average Bonchev–Trinajstić information content (AvgIpc) is 2.38. The van der Waals surface area contributed by atoms with Gasteiger partial charge in [0.25, 0.3) is 0 Å². The van der Waals surface area contributed by atoms with Gasteiger partial charge in [0.1, 0.15) is 6.29 Å². The van der Waals surface area contributed by atoms with Gasteiger partial charge in [-0.3, -0.25) is 0 Å². The Morgan fingerprint density at radius 2 is 2.12 bits per heavy atom. The quantitative estimate of drug-likeness (QED) is 0.721. The zero-order valence-electron chi connectivity index (χ0n) is 9.39. The second-order valence-corrected chi connectivity index (χ2v) is 3.97. The summed E-state index contributed by atoms with van der Waals surface area (Å²) >= 11 is 0. The van der Waals surface area contributed by atoms with Crippen molar-refractivity contribution in [2.75, 3.05) is 31.2 Å². The van der Waals surface area contributed by atoms with Gasteiger partial charge >= 0.3 is 0 Å². The minimum absolute atomic E-state index is 0.604. The topological polar surface area (TPSA) is 29.5 Å². The van der Waals surface area contributed by atoms with Gasteiger partial charge in [0.2, 0.25) is 0 Å². The summed E-state index contributed by atoms with van der Waals surface area (Å²) in [6.07, 6.45) is 2.41. The first kappa shape index (κ1) is 11.1. The lowest BCUT2D eigenvalue weighted by molar-refractivity contribution is -0.107. The highest BCUT2D eigenvalue weighted by atomic mass is 16.5. The van der Waals surface area contributed by atoms with Crippen molar-refractivity contribution >= 4 is 12.0 Å². The molecule has 0 aliphatic carbocycles. The molecule has 0 saturated carbocycles. The average molecular weight is 219 g/mol. The van der Waals surface area contributed by atoms with Gasteiger partial charge in [0.15, 0.2) is 0 Å². The molecule has 0 radical (unpaired) electrons. The molecule has 0 unspecified atom stereocenters. The molecule has 1 aromatic rings. The number of morpholine rings is 1. The molecule has 86 valence electrons. The number of rotatable bonds is 4. The Balaban J connectivity index is 2.05. The van der Waals surface area contributed by atoms with Crippen LogP contribution in [-0.2, 0) is 16.0 Å². The number of hydrogen-bond acceptors (Lipinski definition) is 3. The van der Waals surface area contributed by atoms with Crippen molar-refractivity contribution in [2.45, 2.75) is 12.8 Å². The van der Waals surface area contributed by atoms with Crippen molar-refractivity contribution in [3.63, 3.8) is 0 Å². The predicted octanol–water partition coefficient (Wildman–Crippen LogP) is 1.65. The summed E-state index contributed by atoms with van der Waals surface area (Å²) in [7, 11) is 0. The lowest BCUT2D eigenvalue weighted by Crippen LogP contribution is -2.36. The maximum absolute atomic E-state index is 10.3. The maximum atomic E-state index is 10.3. The van der Waals surface area contributed by atoms with E-state index in [1.807, 2.05) is 0 Å². The first-order chi connectivity index (χ1) is 7.90. The van der Waals surface area contributed by atoms with Crippen molar-refractivity contribution in [3.05, 3.63) is 29.8 Å². The van der Waals surface area contributed by atoms with Gasteiger partial charge in [-0.05, 0) is 24.1 Å². The zero-order chi connectivity index (χ0) is 11.2. The number of carbonyl (C=O) groups excluding carboxylic acids is 1. The Bertz CT molecular complexity index is 346. The highest BCUT2D eigenvalue weighted by Gasteiger charge is 2.10. The molecule has 1 saturated heterocycles. The maximum Gasteiger partial charge on any atom is 0.120 e. The van der Waals surface area contributed by atoms with Crippen molar-refractivity contribution < 1.29 is 9.53 Å². The van der Waals surface area contributed by atoms with E-state index >= 15 is 0 Å². The molecule has 1 aliphatic rings. The predicted molar refractivity (Wildman–Crippen MR) is 63.9 cm³/mol. The zero-order valence-corrected chi connectivity index (χ0v) is 9.39. The molecule has 1 aliphatic heterocycles. The van der Waals surface area contributed by atoms with Crippen LogP contribution in [-0.4, -0.2) is 32.6 Å². The van der Waals surface area contributed by atoms with Gasteiger partial charge in [-0.15, -0.1) is 0 Å². The molecule has 1 aromatic carbocycles. The molecule has 3 heteroatoms. The molecule has 0 aromatic heterocycles. The van der Waals surface area contributed by atoms with E-state index in [1.165, 1.54) is 11.3 Å². The normalized spacial score (nSPS) is 16.1. The molecular formula is C13H17NO2. The van der Waals surface area contributed by atoms with Crippen LogP contribution >= 0.6 is 0 Å².